The van der Waals surface area contributed by atoms with Gasteiger partial charge in [0.2, 0.25) is 0 Å². The van der Waals surface area contributed by atoms with E-state index in [1.807, 2.05) is 18.3 Å². The van der Waals surface area contributed by atoms with Gasteiger partial charge in [0.05, 0.1) is 22.1 Å². The highest BCUT2D eigenvalue weighted by molar-refractivity contribution is 6.39. The average molecular weight is 444 g/mol. The van der Waals surface area contributed by atoms with Crippen LogP contribution in [0.4, 0.5) is 0 Å². The number of fused-ring (bicyclic) bond motifs is 8. The summed E-state index contributed by atoms with van der Waals surface area (Å²) >= 11 is 0. The Kier molecular flexibility index (Phi) is 3.04. The zero-order valence-corrected chi connectivity index (χ0v) is 18.7. The molecule has 3 aromatic heterocycles. The average Bonchev–Trinajstić information content (AvgIpc) is 3.45. The van der Waals surface area contributed by atoms with Gasteiger partial charge in [0, 0.05) is 38.7 Å². The summed E-state index contributed by atoms with van der Waals surface area (Å²) in [6.45, 7) is 0. The smallest absolute Gasteiger partial charge is 0.161 e. The minimum absolute atomic E-state index is 0.764. The molecule has 0 saturated carbocycles. The highest BCUT2D eigenvalue weighted by Gasteiger charge is 2.25. The summed E-state index contributed by atoms with van der Waals surface area (Å²) in [5.41, 5.74) is 5.75. The Hall–Kier alpha value is -4.76. The molecule has 9 aromatic rings. The van der Waals surface area contributed by atoms with Crippen LogP contribution < -0.4 is 0 Å². The van der Waals surface area contributed by atoms with Gasteiger partial charge < -0.3 is 4.40 Å². The quantitative estimate of drug-likeness (QED) is 0.239. The van der Waals surface area contributed by atoms with Crippen LogP contribution in [0.1, 0.15) is 0 Å². The molecule has 35 heavy (non-hydrogen) atoms. The van der Waals surface area contributed by atoms with Crippen molar-refractivity contribution in [2.45, 2.75) is 0 Å². The highest BCUT2D eigenvalue weighted by atomic mass is 14.9. The fourth-order valence-corrected chi connectivity index (χ4v) is 6.30. The molecule has 6 aromatic carbocycles. The van der Waals surface area contributed by atoms with Crippen LogP contribution >= 0.6 is 0 Å². The van der Waals surface area contributed by atoms with Crippen LogP contribution in [0, 0.1) is 0 Å². The molecule has 0 aliphatic carbocycles. The summed E-state index contributed by atoms with van der Waals surface area (Å²) in [6, 6.07) is 34.8. The third-order valence-corrected chi connectivity index (χ3v) is 7.73. The Morgan fingerprint density at radius 2 is 1.17 bits per heavy atom. The topological polar surface area (TPSA) is 30.2 Å². The van der Waals surface area contributed by atoms with Crippen LogP contribution in [0.5, 0.6) is 0 Å². The van der Waals surface area contributed by atoms with E-state index >= 15 is 0 Å². The lowest BCUT2D eigenvalue weighted by atomic mass is 9.92. The fraction of sp³-hybridized carbons (Fsp3) is 0. The molecular formula is C32H17N3. The molecule has 0 spiro atoms. The number of aromatic nitrogens is 3. The van der Waals surface area contributed by atoms with Crippen molar-refractivity contribution in [2.75, 3.05) is 0 Å². The minimum Gasteiger partial charge on any atom is -0.307 e. The summed E-state index contributed by atoms with van der Waals surface area (Å²) < 4.78 is 2.46. The van der Waals surface area contributed by atoms with Gasteiger partial charge in [0.25, 0.3) is 0 Å². The lowest BCUT2D eigenvalue weighted by molar-refractivity contribution is 1.23. The van der Waals surface area contributed by atoms with E-state index < -0.39 is 0 Å². The van der Waals surface area contributed by atoms with E-state index in [0.717, 1.165) is 22.3 Å². The van der Waals surface area contributed by atoms with E-state index in [4.69, 9.17) is 9.97 Å². The van der Waals surface area contributed by atoms with Crippen molar-refractivity contribution in [3.05, 3.63) is 103 Å². The molecule has 0 N–H and O–H groups in total. The van der Waals surface area contributed by atoms with Gasteiger partial charge in [-0.2, -0.15) is 0 Å². The van der Waals surface area contributed by atoms with Gasteiger partial charge in [-0.3, -0.25) is 0 Å². The number of rotatable bonds is 1. The van der Waals surface area contributed by atoms with Crippen molar-refractivity contribution in [3.63, 3.8) is 0 Å². The first-order valence-electron chi connectivity index (χ1n) is 11.9. The molecule has 0 fully saturated rings. The van der Waals surface area contributed by atoms with Crippen LogP contribution in [-0.4, -0.2) is 14.4 Å². The van der Waals surface area contributed by atoms with Crippen molar-refractivity contribution < 1.29 is 0 Å². The number of benzene rings is 6. The van der Waals surface area contributed by atoms with Gasteiger partial charge in [-0.25, -0.2) is 9.97 Å². The second-order valence-corrected chi connectivity index (χ2v) is 9.42. The van der Waals surface area contributed by atoms with Gasteiger partial charge >= 0.3 is 0 Å². The van der Waals surface area contributed by atoms with Crippen LogP contribution in [0.15, 0.2) is 103 Å². The van der Waals surface area contributed by atoms with E-state index in [1.54, 1.807) is 0 Å². The van der Waals surface area contributed by atoms with Gasteiger partial charge in [-0.05, 0) is 39.7 Å². The maximum Gasteiger partial charge on any atom is 0.161 e. The maximum atomic E-state index is 5.00. The third kappa shape index (κ3) is 2.04. The van der Waals surface area contributed by atoms with Crippen molar-refractivity contribution >= 4 is 70.5 Å². The van der Waals surface area contributed by atoms with E-state index in [9.17, 15) is 0 Å². The zero-order valence-electron chi connectivity index (χ0n) is 18.7. The molecule has 3 nitrogen and oxygen atoms in total. The minimum atomic E-state index is 0.764. The summed E-state index contributed by atoms with van der Waals surface area (Å²) in [6.07, 6.45) is 1.94. The largest absolute Gasteiger partial charge is 0.307 e. The molecule has 0 radical (unpaired) electrons. The second-order valence-electron chi connectivity index (χ2n) is 9.42. The molecule has 0 saturated heterocycles. The van der Waals surface area contributed by atoms with Crippen LogP contribution in [0.2, 0.25) is 0 Å². The molecular weight excluding hydrogens is 426 g/mol. The Bertz CT molecular complexity index is 2270. The summed E-state index contributed by atoms with van der Waals surface area (Å²) in [5.74, 6) is 0.764. The molecule has 0 amide bonds. The molecule has 0 atom stereocenters. The normalized spacial score (nSPS) is 12.6. The molecule has 0 aliphatic heterocycles. The molecule has 0 unspecified atom stereocenters. The lowest BCUT2D eigenvalue weighted by Crippen LogP contribution is -1.93. The van der Waals surface area contributed by atoms with Crippen LogP contribution in [0.25, 0.3) is 81.9 Å². The van der Waals surface area contributed by atoms with Crippen molar-refractivity contribution in [3.8, 4) is 11.4 Å². The van der Waals surface area contributed by atoms with E-state index in [-0.39, 0.29) is 0 Å². The standard InChI is InChI=1S/C32H17N3/c1-5-11-26-18(7-1)17-33-32(34-26)25-16-14-23-20-9-3-2-8-19(20)22-13-15-24-21-10-4-6-12-27(21)35-30(24)28(22)29(23)31(25)35/h1-17H. The first-order chi connectivity index (χ1) is 17.4. The predicted molar refractivity (Wildman–Crippen MR) is 146 cm³/mol. The van der Waals surface area contributed by atoms with E-state index in [0.29, 0.717) is 0 Å². The summed E-state index contributed by atoms with van der Waals surface area (Å²) in [5, 5.41) is 11.5. The Morgan fingerprint density at radius 3 is 2.03 bits per heavy atom. The lowest BCUT2D eigenvalue weighted by Gasteiger charge is -2.11. The van der Waals surface area contributed by atoms with E-state index in [1.165, 1.54) is 59.6 Å². The van der Waals surface area contributed by atoms with Crippen LogP contribution in [0.3, 0.4) is 0 Å². The molecule has 3 heterocycles. The first-order valence-corrected chi connectivity index (χ1v) is 11.9. The number of nitrogens with zero attached hydrogens (tertiary/aromatic N) is 3. The number of para-hydroxylation sites is 2. The SMILES string of the molecule is c1ccc2nc(-c3ccc4c5ccccc5c5ccc6c7ccccc7n7c3c4c5c67)ncc2c1. The van der Waals surface area contributed by atoms with Crippen molar-refractivity contribution in [2.24, 2.45) is 0 Å². The Balaban J connectivity index is 1.60. The first kappa shape index (κ1) is 17.7. The summed E-state index contributed by atoms with van der Waals surface area (Å²) in [4.78, 5) is 9.84. The highest BCUT2D eigenvalue weighted by Crippen LogP contribution is 2.48. The molecule has 0 aliphatic rings. The number of hydrogen-bond donors (Lipinski definition) is 0. The Morgan fingerprint density at radius 1 is 0.514 bits per heavy atom. The molecule has 0 bridgehead atoms. The predicted octanol–water partition coefficient (Wildman–Crippen LogP) is 8.19. The zero-order chi connectivity index (χ0) is 22.7. The maximum absolute atomic E-state index is 5.00. The van der Waals surface area contributed by atoms with Gasteiger partial charge in [0.15, 0.2) is 5.82 Å². The fourth-order valence-electron chi connectivity index (χ4n) is 6.30. The van der Waals surface area contributed by atoms with Gasteiger partial charge in [-0.15, -0.1) is 0 Å². The van der Waals surface area contributed by atoms with Crippen LogP contribution in [-0.2, 0) is 0 Å². The number of hydrogen-bond acceptors (Lipinski definition) is 2. The van der Waals surface area contributed by atoms with Crippen molar-refractivity contribution in [1.82, 2.24) is 14.4 Å². The second kappa shape index (κ2) is 6.02. The van der Waals surface area contributed by atoms with E-state index in [2.05, 4.69) is 89.3 Å². The summed E-state index contributed by atoms with van der Waals surface area (Å²) in [7, 11) is 0. The molecule has 9 rings (SSSR count). The van der Waals surface area contributed by atoms with Gasteiger partial charge in [-0.1, -0.05) is 78.9 Å². The molecule has 3 heteroatoms. The third-order valence-electron chi connectivity index (χ3n) is 7.73. The monoisotopic (exact) mass is 443 g/mol. The van der Waals surface area contributed by atoms with Gasteiger partial charge in [0.1, 0.15) is 0 Å². The molecule has 160 valence electrons. The Labute approximate surface area is 199 Å². The van der Waals surface area contributed by atoms with Crippen molar-refractivity contribution in [1.29, 1.82) is 0 Å².